The number of nitrogens with one attached hydrogen (secondary N) is 1. The molecule has 0 radical (unpaired) electrons. The first-order valence-electron chi connectivity index (χ1n) is 8.19. The lowest BCUT2D eigenvalue weighted by atomic mass is 10.0. The molecule has 0 aliphatic rings. The maximum atomic E-state index is 10.6. The Morgan fingerprint density at radius 2 is 1.45 bits per heavy atom. The highest BCUT2D eigenvalue weighted by atomic mass is 35.5. The number of rotatable bonds is 3. The summed E-state index contributed by atoms with van der Waals surface area (Å²) in [7, 11) is 0. The Bertz CT molecular complexity index is 1060. The number of carbonyl (C=O) groups is 1. The Balaban J connectivity index is 0.000000370. The number of hydrogen-bond acceptors (Lipinski definition) is 2. The van der Waals surface area contributed by atoms with Gasteiger partial charge in [-0.15, -0.1) is 0 Å². The van der Waals surface area contributed by atoms with Crippen LogP contribution >= 0.6 is 11.6 Å². The second-order valence-corrected chi connectivity index (χ2v) is 6.30. The molecule has 0 spiro atoms. The van der Waals surface area contributed by atoms with Crippen LogP contribution in [-0.2, 0) is 4.79 Å². The van der Waals surface area contributed by atoms with Crippen LogP contribution in [0.3, 0.4) is 0 Å². The van der Waals surface area contributed by atoms with E-state index in [4.69, 9.17) is 32.6 Å². The summed E-state index contributed by atoms with van der Waals surface area (Å²) in [4.78, 5) is 8.90. The van der Waals surface area contributed by atoms with E-state index >= 15 is 0 Å². The first kappa shape index (κ1) is 22.0. The van der Waals surface area contributed by atoms with Crippen LogP contribution in [0.2, 0.25) is 0 Å². The number of hydrogen-bond donors (Lipinski definition) is 3. The van der Waals surface area contributed by atoms with E-state index in [0.29, 0.717) is 5.03 Å². The summed E-state index contributed by atoms with van der Waals surface area (Å²) in [5.74, 6) is -2.68. The topological polar surface area (TPSA) is 87.2 Å². The first-order valence-corrected chi connectivity index (χ1v) is 8.56. The van der Waals surface area contributed by atoms with Crippen molar-refractivity contribution in [3.05, 3.63) is 83.4 Å². The molecule has 29 heavy (non-hydrogen) atoms. The molecule has 150 valence electrons. The van der Waals surface area contributed by atoms with E-state index in [-0.39, 0.29) is 5.84 Å². The van der Waals surface area contributed by atoms with Crippen LogP contribution in [0.5, 0.6) is 0 Å². The molecule has 8 heteroatoms. The number of fused-ring (bicyclic) bond motifs is 1. The molecule has 0 bridgehead atoms. The molecular formula is C21H16ClF3N2O2. The maximum absolute atomic E-state index is 10.6. The zero-order valence-corrected chi connectivity index (χ0v) is 15.6. The van der Waals surface area contributed by atoms with Crippen LogP contribution in [0.25, 0.3) is 21.9 Å². The minimum Gasteiger partial charge on any atom is -0.475 e. The fourth-order valence-electron chi connectivity index (χ4n) is 2.34. The SMILES string of the molecule is N=C(N)c1ccc2cc(/C(Cl)=C/c3ccccc3)ccc2c1.O=C(O)C(F)(F)F. The van der Waals surface area contributed by atoms with Gasteiger partial charge in [-0.2, -0.15) is 13.2 Å². The highest BCUT2D eigenvalue weighted by Gasteiger charge is 2.38. The smallest absolute Gasteiger partial charge is 0.475 e. The van der Waals surface area contributed by atoms with Gasteiger partial charge in [-0.05, 0) is 40.1 Å². The molecule has 4 nitrogen and oxygen atoms in total. The molecule has 3 aromatic carbocycles. The third-order valence-corrected chi connectivity index (χ3v) is 4.09. The highest BCUT2D eigenvalue weighted by molar-refractivity contribution is 6.51. The van der Waals surface area contributed by atoms with Gasteiger partial charge < -0.3 is 10.8 Å². The Labute approximate surface area is 169 Å². The van der Waals surface area contributed by atoms with Gasteiger partial charge in [0.15, 0.2) is 0 Å². The number of aliphatic carboxylic acids is 1. The maximum Gasteiger partial charge on any atom is 0.490 e. The molecule has 0 atom stereocenters. The summed E-state index contributed by atoms with van der Waals surface area (Å²) in [6.07, 6.45) is -3.13. The van der Waals surface area contributed by atoms with Crippen molar-refractivity contribution in [3.63, 3.8) is 0 Å². The second-order valence-electron chi connectivity index (χ2n) is 5.90. The number of benzene rings is 3. The molecule has 0 heterocycles. The van der Waals surface area contributed by atoms with Crippen LogP contribution in [0.4, 0.5) is 13.2 Å². The summed E-state index contributed by atoms with van der Waals surface area (Å²) in [5.41, 5.74) is 8.29. The fourth-order valence-corrected chi connectivity index (χ4v) is 2.58. The van der Waals surface area contributed by atoms with E-state index in [1.54, 1.807) is 0 Å². The van der Waals surface area contributed by atoms with Gasteiger partial charge in [-0.1, -0.05) is 66.2 Å². The number of amidine groups is 1. The standard InChI is InChI=1S/C19H15ClN2.C2HF3O2/c20-18(10-13-4-2-1-3-5-13)16-8-6-15-12-17(19(21)22)9-7-14(15)11-16;3-2(4,5)1(6)7/h1-12H,(H3,21,22);(H,6,7)/b18-10-;. The van der Waals surface area contributed by atoms with Crippen molar-refractivity contribution in [1.82, 2.24) is 0 Å². The van der Waals surface area contributed by atoms with Gasteiger partial charge in [-0.3, -0.25) is 5.41 Å². The molecule has 0 saturated carbocycles. The molecule has 0 saturated heterocycles. The number of nitrogen functional groups attached to an aromatic ring is 1. The van der Waals surface area contributed by atoms with Gasteiger partial charge in [0.1, 0.15) is 5.84 Å². The largest absolute Gasteiger partial charge is 0.490 e. The third-order valence-electron chi connectivity index (χ3n) is 3.76. The van der Waals surface area contributed by atoms with E-state index in [0.717, 1.165) is 27.5 Å². The van der Waals surface area contributed by atoms with Gasteiger partial charge >= 0.3 is 12.1 Å². The van der Waals surface area contributed by atoms with Crippen LogP contribution in [-0.4, -0.2) is 23.1 Å². The van der Waals surface area contributed by atoms with E-state index in [9.17, 15) is 13.2 Å². The predicted molar refractivity (Wildman–Crippen MR) is 109 cm³/mol. The lowest BCUT2D eigenvalue weighted by Crippen LogP contribution is -2.21. The Kier molecular flexibility index (Phi) is 7.01. The molecule has 0 amide bonds. The first-order chi connectivity index (χ1) is 13.6. The third kappa shape index (κ3) is 6.36. The van der Waals surface area contributed by atoms with Crippen molar-refractivity contribution >= 4 is 45.3 Å². The van der Waals surface area contributed by atoms with Gasteiger partial charge in [0.2, 0.25) is 0 Å². The van der Waals surface area contributed by atoms with Crippen molar-refractivity contribution in [3.8, 4) is 0 Å². The van der Waals surface area contributed by atoms with E-state index in [1.807, 2.05) is 72.8 Å². The minimum atomic E-state index is -5.08. The molecule has 0 unspecified atom stereocenters. The number of carboxylic acid groups (broad SMARTS) is 1. The zero-order chi connectivity index (χ0) is 21.6. The molecule has 0 aliphatic heterocycles. The van der Waals surface area contributed by atoms with E-state index in [2.05, 4.69) is 0 Å². The van der Waals surface area contributed by atoms with Crippen molar-refractivity contribution in [2.75, 3.05) is 0 Å². The van der Waals surface area contributed by atoms with Gasteiger partial charge in [0.25, 0.3) is 0 Å². The van der Waals surface area contributed by atoms with Crippen molar-refractivity contribution in [1.29, 1.82) is 5.41 Å². The summed E-state index contributed by atoms with van der Waals surface area (Å²) >= 11 is 6.43. The second kappa shape index (κ2) is 9.25. The van der Waals surface area contributed by atoms with Crippen LogP contribution in [0, 0.1) is 5.41 Å². The summed E-state index contributed by atoms with van der Waals surface area (Å²) < 4.78 is 31.7. The van der Waals surface area contributed by atoms with Crippen molar-refractivity contribution < 1.29 is 23.1 Å². The Morgan fingerprint density at radius 1 is 0.966 bits per heavy atom. The normalized spacial score (nSPS) is 11.5. The molecule has 4 N–H and O–H groups in total. The average molecular weight is 421 g/mol. The molecule has 3 rings (SSSR count). The molecule has 0 aliphatic carbocycles. The van der Waals surface area contributed by atoms with Crippen molar-refractivity contribution in [2.24, 2.45) is 5.73 Å². The van der Waals surface area contributed by atoms with Gasteiger partial charge in [0.05, 0.1) is 0 Å². The predicted octanol–water partition coefficient (Wildman–Crippen LogP) is 5.49. The molecule has 0 aromatic heterocycles. The summed E-state index contributed by atoms with van der Waals surface area (Å²) in [6, 6.07) is 21.7. The van der Waals surface area contributed by atoms with Crippen molar-refractivity contribution in [2.45, 2.75) is 6.18 Å². The lowest BCUT2D eigenvalue weighted by Gasteiger charge is -2.05. The number of nitrogens with two attached hydrogens (primary N) is 1. The number of halogens is 4. The number of carboxylic acids is 1. The van der Waals surface area contributed by atoms with Gasteiger partial charge in [-0.25, -0.2) is 4.79 Å². The fraction of sp³-hybridized carbons (Fsp3) is 0.0476. The molecule has 0 fully saturated rings. The lowest BCUT2D eigenvalue weighted by molar-refractivity contribution is -0.192. The average Bonchev–Trinajstić information content (AvgIpc) is 2.67. The quantitative estimate of drug-likeness (QED) is 0.297. The molecule has 3 aromatic rings. The zero-order valence-electron chi connectivity index (χ0n) is 14.9. The Hall–Kier alpha value is -3.32. The van der Waals surface area contributed by atoms with Gasteiger partial charge in [0, 0.05) is 10.6 Å². The monoisotopic (exact) mass is 420 g/mol. The van der Waals surface area contributed by atoms with Crippen LogP contribution in [0.1, 0.15) is 16.7 Å². The van der Waals surface area contributed by atoms with E-state index < -0.39 is 12.1 Å². The Morgan fingerprint density at radius 3 is 1.93 bits per heavy atom. The summed E-state index contributed by atoms with van der Waals surface area (Å²) in [6.45, 7) is 0. The molecular weight excluding hydrogens is 405 g/mol. The highest BCUT2D eigenvalue weighted by Crippen LogP contribution is 2.26. The van der Waals surface area contributed by atoms with E-state index in [1.165, 1.54) is 0 Å². The van der Waals surface area contributed by atoms with Crippen LogP contribution in [0.15, 0.2) is 66.7 Å². The number of alkyl halides is 3. The summed E-state index contributed by atoms with van der Waals surface area (Å²) in [5, 5.41) is 17.4. The minimum absolute atomic E-state index is 0.0768. The van der Waals surface area contributed by atoms with Crippen LogP contribution < -0.4 is 5.73 Å².